The third-order valence-corrected chi connectivity index (χ3v) is 3.67. The molecule has 1 aliphatic rings. The molecule has 1 saturated heterocycles. The Morgan fingerprint density at radius 3 is 2.62 bits per heavy atom. The second kappa shape index (κ2) is 8.64. The Kier molecular flexibility index (Phi) is 6.50. The summed E-state index contributed by atoms with van der Waals surface area (Å²) in [5, 5.41) is 6.08. The number of morpholine rings is 1. The number of benzene rings is 1. The summed E-state index contributed by atoms with van der Waals surface area (Å²) in [7, 11) is 0. The van der Waals surface area contributed by atoms with Crippen molar-refractivity contribution in [3.8, 4) is 0 Å². The van der Waals surface area contributed by atoms with Crippen molar-refractivity contribution < 1.29 is 9.53 Å². The fraction of sp³-hybridized carbons (Fsp3) is 0.562. The first kappa shape index (κ1) is 15.8. The van der Waals surface area contributed by atoms with Crippen LogP contribution in [0.2, 0.25) is 0 Å². The molecule has 1 aromatic rings. The number of nitrogens with one attached hydrogen (secondary N) is 2. The molecule has 1 aromatic carbocycles. The summed E-state index contributed by atoms with van der Waals surface area (Å²) in [5.74, 6) is 0.0304. The van der Waals surface area contributed by atoms with Crippen LogP contribution in [0.1, 0.15) is 12.5 Å². The lowest BCUT2D eigenvalue weighted by atomic mass is 10.1. The summed E-state index contributed by atoms with van der Waals surface area (Å²) >= 11 is 0. The summed E-state index contributed by atoms with van der Waals surface area (Å²) in [5.41, 5.74) is 2.28. The van der Waals surface area contributed by atoms with Crippen molar-refractivity contribution in [2.24, 2.45) is 0 Å². The van der Waals surface area contributed by atoms with Gasteiger partial charge in [0, 0.05) is 31.9 Å². The van der Waals surface area contributed by atoms with Gasteiger partial charge in [-0.3, -0.25) is 9.69 Å². The van der Waals surface area contributed by atoms with E-state index in [1.807, 2.05) is 12.1 Å². The van der Waals surface area contributed by atoms with Gasteiger partial charge in [-0.05, 0) is 24.1 Å². The summed E-state index contributed by atoms with van der Waals surface area (Å²) in [6, 6.07) is 8.19. The average Bonchev–Trinajstić information content (AvgIpc) is 2.54. The molecular weight excluding hydrogens is 266 g/mol. The van der Waals surface area contributed by atoms with E-state index >= 15 is 0 Å². The summed E-state index contributed by atoms with van der Waals surface area (Å²) in [4.78, 5) is 14.1. The first-order valence-electron chi connectivity index (χ1n) is 7.67. The van der Waals surface area contributed by atoms with E-state index in [4.69, 9.17) is 4.74 Å². The largest absolute Gasteiger partial charge is 0.379 e. The molecule has 5 nitrogen and oxygen atoms in total. The lowest BCUT2D eigenvalue weighted by Gasteiger charge is -2.26. The number of nitrogens with zero attached hydrogens (tertiary/aromatic N) is 1. The van der Waals surface area contributed by atoms with Crippen molar-refractivity contribution >= 4 is 11.6 Å². The maximum absolute atomic E-state index is 11.8. The standard InChI is InChI=1S/C16H25N3O2/c1-2-14-3-5-15(6-4-14)18-13-16(20)17-7-8-19-9-11-21-12-10-19/h3-6,18H,2,7-13H2,1H3,(H,17,20). The lowest BCUT2D eigenvalue weighted by molar-refractivity contribution is -0.119. The third-order valence-electron chi connectivity index (χ3n) is 3.67. The molecule has 1 heterocycles. The maximum Gasteiger partial charge on any atom is 0.239 e. The first-order chi connectivity index (χ1) is 10.3. The average molecular weight is 291 g/mol. The Labute approximate surface area is 126 Å². The molecule has 0 saturated carbocycles. The van der Waals surface area contributed by atoms with Gasteiger partial charge < -0.3 is 15.4 Å². The minimum absolute atomic E-state index is 0.0304. The fourth-order valence-corrected chi connectivity index (χ4v) is 2.28. The predicted molar refractivity (Wildman–Crippen MR) is 84.6 cm³/mol. The molecule has 116 valence electrons. The molecule has 0 aromatic heterocycles. The quantitative estimate of drug-likeness (QED) is 0.790. The van der Waals surface area contributed by atoms with Gasteiger partial charge in [0.05, 0.1) is 19.8 Å². The molecule has 0 atom stereocenters. The summed E-state index contributed by atoms with van der Waals surface area (Å²) in [6.45, 7) is 7.52. The highest BCUT2D eigenvalue weighted by Gasteiger charge is 2.09. The van der Waals surface area contributed by atoms with Crippen molar-refractivity contribution in [3.63, 3.8) is 0 Å². The summed E-state index contributed by atoms with van der Waals surface area (Å²) < 4.78 is 5.29. The third kappa shape index (κ3) is 5.73. The van der Waals surface area contributed by atoms with Gasteiger partial charge in [0.25, 0.3) is 0 Å². The number of aryl methyl sites for hydroxylation is 1. The Morgan fingerprint density at radius 1 is 1.24 bits per heavy atom. The molecule has 1 aliphatic heterocycles. The SMILES string of the molecule is CCc1ccc(NCC(=O)NCCN2CCOCC2)cc1. The first-order valence-corrected chi connectivity index (χ1v) is 7.67. The van der Waals surface area contributed by atoms with Crippen LogP contribution in [0.3, 0.4) is 0 Å². The smallest absolute Gasteiger partial charge is 0.239 e. The zero-order valence-electron chi connectivity index (χ0n) is 12.7. The highest BCUT2D eigenvalue weighted by atomic mass is 16.5. The highest BCUT2D eigenvalue weighted by molar-refractivity contribution is 5.80. The van der Waals surface area contributed by atoms with Gasteiger partial charge in [0.1, 0.15) is 0 Å². The number of hydrogen-bond donors (Lipinski definition) is 2. The van der Waals surface area contributed by atoms with Gasteiger partial charge in [-0.15, -0.1) is 0 Å². The highest BCUT2D eigenvalue weighted by Crippen LogP contribution is 2.09. The predicted octanol–water partition coefficient (Wildman–Crippen LogP) is 1.11. The zero-order valence-corrected chi connectivity index (χ0v) is 12.7. The van der Waals surface area contributed by atoms with Crippen LogP contribution in [0.4, 0.5) is 5.69 Å². The molecule has 2 N–H and O–H groups in total. The minimum atomic E-state index is 0.0304. The van der Waals surface area contributed by atoms with Gasteiger partial charge >= 0.3 is 0 Å². The lowest BCUT2D eigenvalue weighted by Crippen LogP contribution is -2.42. The Morgan fingerprint density at radius 2 is 1.95 bits per heavy atom. The Bertz CT molecular complexity index is 428. The van der Waals surface area contributed by atoms with Crippen LogP contribution in [0.15, 0.2) is 24.3 Å². The normalized spacial score (nSPS) is 15.7. The van der Waals surface area contributed by atoms with Crippen molar-refractivity contribution in [1.82, 2.24) is 10.2 Å². The van der Waals surface area contributed by atoms with Gasteiger partial charge in [0.15, 0.2) is 0 Å². The van der Waals surface area contributed by atoms with E-state index in [2.05, 4.69) is 34.6 Å². The Hall–Kier alpha value is -1.59. The number of carbonyl (C=O) groups is 1. The molecule has 0 radical (unpaired) electrons. The molecule has 21 heavy (non-hydrogen) atoms. The van der Waals surface area contributed by atoms with E-state index < -0.39 is 0 Å². The van der Waals surface area contributed by atoms with Crippen LogP contribution >= 0.6 is 0 Å². The Balaban J connectivity index is 1.60. The number of rotatable bonds is 7. The van der Waals surface area contributed by atoms with E-state index in [1.165, 1.54) is 5.56 Å². The van der Waals surface area contributed by atoms with Crippen LogP contribution in [0, 0.1) is 0 Å². The molecule has 1 fully saturated rings. The second-order valence-corrected chi connectivity index (χ2v) is 5.21. The number of ether oxygens (including phenoxy) is 1. The van der Waals surface area contributed by atoms with Crippen molar-refractivity contribution in [1.29, 1.82) is 0 Å². The number of amides is 1. The van der Waals surface area contributed by atoms with Gasteiger partial charge in [0.2, 0.25) is 5.91 Å². The van der Waals surface area contributed by atoms with E-state index in [0.29, 0.717) is 13.1 Å². The van der Waals surface area contributed by atoms with E-state index in [1.54, 1.807) is 0 Å². The van der Waals surface area contributed by atoms with Crippen LogP contribution < -0.4 is 10.6 Å². The van der Waals surface area contributed by atoms with Crippen LogP contribution in [-0.2, 0) is 16.0 Å². The fourth-order valence-electron chi connectivity index (χ4n) is 2.28. The zero-order chi connectivity index (χ0) is 14.9. The van der Waals surface area contributed by atoms with Crippen LogP contribution in [-0.4, -0.2) is 56.7 Å². The van der Waals surface area contributed by atoms with Crippen molar-refractivity contribution in [3.05, 3.63) is 29.8 Å². The maximum atomic E-state index is 11.8. The molecule has 0 spiro atoms. The van der Waals surface area contributed by atoms with E-state index in [-0.39, 0.29) is 5.91 Å². The van der Waals surface area contributed by atoms with Crippen LogP contribution in [0.25, 0.3) is 0 Å². The number of hydrogen-bond acceptors (Lipinski definition) is 4. The van der Waals surface area contributed by atoms with Gasteiger partial charge in [-0.25, -0.2) is 0 Å². The molecule has 2 rings (SSSR count). The van der Waals surface area contributed by atoms with E-state index in [9.17, 15) is 4.79 Å². The topological polar surface area (TPSA) is 53.6 Å². The number of carbonyl (C=O) groups excluding carboxylic acids is 1. The summed E-state index contributed by atoms with van der Waals surface area (Å²) in [6.07, 6.45) is 1.03. The van der Waals surface area contributed by atoms with Crippen LogP contribution in [0.5, 0.6) is 0 Å². The number of anilines is 1. The minimum Gasteiger partial charge on any atom is -0.379 e. The van der Waals surface area contributed by atoms with Gasteiger partial charge in [-0.1, -0.05) is 19.1 Å². The molecule has 1 amide bonds. The van der Waals surface area contributed by atoms with Crippen molar-refractivity contribution in [2.75, 3.05) is 51.3 Å². The second-order valence-electron chi connectivity index (χ2n) is 5.21. The molecule has 5 heteroatoms. The molecular formula is C16H25N3O2. The molecule has 0 bridgehead atoms. The van der Waals surface area contributed by atoms with Gasteiger partial charge in [-0.2, -0.15) is 0 Å². The molecule has 0 aliphatic carbocycles. The monoisotopic (exact) mass is 291 g/mol. The van der Waals surface area contributed by atoms with Crippen molar-refractivity contribution in [2.45, 2.75) is 13.3 Å². The molecule has 0 unspecified atom stereocenters. The van der Waals surface area contributed by atoms with E-state index in [0.717, 1.165) is 45.0 Å².